The normalized spacial score (nSPS) is 11.6. The van der Waals surface area contributed by atoms with Crippen molar-refractivity contribution in [1.29, 1.82) is 0 Å². The van der Waals surface area contributed by atoms with Crippen LogP contribution in [-0.2, 0) is 18.3 Å². The Balaban J connectivity index is 1.13. The molecule has 2 heterocycles. The number of hydrogen-bond donors (Lipinski definition) is 1. The van der Waals surface area contributed by atoms with Gasteiger partial charge in [-0.25, -0.2) is 4.98 Å². The third-order valence-corrected chi connectivity index (χ3v) is 8.48. The largest absolute Gasteiger partial charge is 0.447 e. The van der Waals surface area contributed by atoms with Crippen LogP contribution in [0.15, 0.2) is 131 Å². The first-order chi connectivity index (χ1) is 22.8. The van der Waals surface area contributed by atoms with Crippen LogP contribution in [0.25, 0.3) is 5.69 Å². The lowest BCUT2D eigenvalue weighted by Gasteiger charge is -2.18. The zero-order valence-electron chi connectivity index (χ0n) is 25.1. The molecule has 238 valence electrons. The highest BCUT2D eigenvalue weighted by atomic mass is 32.2. The summed E-state index contributed by atoms with van der Waals surface area (Å²) in [6, 6.07) is 34.9. The molecule has 0 aliphatic rings. The molecule has 6 aromatic rings. The third-order valence-electron chi connectivity index (χ3n) is 7.57. The number of halogens is 3. The summed E-state index contributed by atoms with van der Waals surface area (Å²) in [5.74, 6) is 0.689. The van der Waals surface area contributed by atoms with Crippen molar-refractivity contribution in [3.05, 3.63) is 161 Å². The van der Waals surface area contributed by atoms with Gasteiger partial charge in [0.2, 0.25) is 5.89 Å². The molecule has 0 unspecified atom stereocenters. The molecule has 6 rings (SSSR count). The molecule has 0 saturated carbocycles. The van der Waals surface area contributed by atoms with Crippen LogP contribution in [0.4, 0.5) is 13.2 Å². The van der Waals surface area contributed by atoms with Crippen molar-refractivity contribution in [2.75, 3.05) is 6.54 Å². The molecule has 0 fully saturated rings. The van der Waals surface area contributed by atoms with Crippen molar-refractivity contribution in [3.8, 4) is 5.69 Å². The minimum atomic E-state index is -4.50. The number of carbonyl (C=O) groups excluding carboxylic acids is 1. The van der Waals surface area contributed by atoms with Crippen molar-refractivity contribution in [2.24, 2.45) is 0 Å². The number of amides is 1. The Morgan fingerprint density at radius 2 is 1.51 bits per heavy atom. The number of rotatable bonds is 12. The van der Waals surface area contributed by atoms with Crippen molar-refractivity contribution < 1.29 is 22.4 Å². The van der Waals surface area contributed by atoms with E-state index in [1.807, 2.05) is 66.7 Å². The predicted molar refractivity (Wildman–Crippen MR) is 173 cm³/mol. The Morgan fingerprint density at radius 1 is 0.851 bits per heavy atom. The van der Waals surface area contributed by atoms with Gasteiger partial charge in [-0.05, 0) is 41.3 Å². The molecule has 0 spiro atoms. The van der Waals surface area contributed by atoms with E-state index in [1.54, 1.807) is 10.6 Å². The number of hydrogen-bond acceptors (Lipinski definition) is 6. The summed E-state index contributed by atoms with van der Waals surface area (Å²) in [7, 11) is 0. The highest BCUT2D eigenvalue weighted by Crippen LogP contribution is 2.33. The van der Waals surface area contributed by atoms with E-state index in [4.69, 9.17) is 4.42 Å². The molecule has 0 radical (unpaired) electrons. The first-order valence-electron chi connectivity index (χ1n) is 15.0. The molecule has 0 aliphatic heterocycles. The number of aromatic nitrogens is 4. The van der Waals surface area contributed by atoms with Gasteiger partial charge in [0.05, 0.1) is 17.0 Å². The molecule has 1 N–H and O–H groups in total. The molecule has 11 heteroatoms. The van der Waals surface area contributed by atoms with Crippen LogP contribution in [-0.4, -0.2) is 32.2 Å². The number of thioether (sulfide) groups is 1. The first-order valence-corrected chi connectivity index (χ1v) is 15.9. The van der Waals surface area contributed by atoms with E-state index in [-0.39, 0.29) is 34.8 Å². The molecule has 0 saturated heterocycles. The van der Waals surface area contributed by atoms with E-state index in [0.717, 1.165) is 17.7 Å². The van der Waals surface area contributed by atoms with Crippen LogP contribution >= 0.6 is 11.8 Å². The lowest BCUT2D eigenvalue weighted by molar-refractivity contribution is -0.137. The molecule has 0 atom stereocenters. The fourth-order valence-electron chi connectivity index (χ4n) is 5.29. The second-order valence-corrected chi connectivity index (χ2v) is 11.7. The number of nitrogens with zero attached hydrogens (tertiary/aromatic N) is 4. The van der Waals surface area contributed by atoms with Crippen molar-refractivity contribution >= 4 is 17.7 Å². The zero-order valence-corrected chi connectivity index (χ0v) is 25.9. The smallest absolute Gasteiger partial charge is 0.416 e. The first kappa shape index (κ1) is 31.8. The minimum Gasteiger partial charge on any atom is -0.447 e. The molecular weight excluding hydrogens is 623 g/mol. The molecule has 7 nitrogen and oxygen atoms in total. The fraction of sp³-hybridized carbons (Fsp3) is 0.167. The number of carbonyl (C=O) groups is 1. The Kier molecular flexibility index (Phi) is 9.82. The van der Waals surface area contributed by atoms with Gasteiger partial charge in [0.15, 0.2) is 10.9 Å². The summed E-state index contributed by atoms with van der Waals surface area (Å²) >= 11 is 1.20. The Labute approximate surface area is 273 Å². The average Bonchev–Trinajstić information content (AvgIpc) is 3.74. The Morgan fingerprint density at radius 3 is 2.17 bits per heavy atom. The van der Waals surface area contributed by atoms with Crippen molar-refractivity contribution in [2.45, 2.75) is 35.8 Å². The quantitative estimate of drug-likeness (QED) is 0.134. The van der Waals surface area contributed by atoms with Crippen LogP contribution in [0.3, 0.4) is 0 Å². The van der Waals surface area contributed by atoms with Gasteiger partial charge in [-0.2, -0.15) is 13.2 Å². The molecule has 1 amide bonds. The topological polar surface area (TPSA) is 85.8 Å². The van der Waals surface area contributed by atoms with Crippen LogP contribution in [0, 0.1) is 0 Å². The number of nitrogens with one attached hydrogen (secondary N) is 1. The lowest BCUT2D eigenvalue weighted by atomic mass is 9.88. The van der Waals surface area contributed by atoms with Crippen molar-refractivity contribution in [1.82, 2.24) is 25.1 Å². The maximum absolute atomic E-state index is 13.6. The van der Waals surface area contributed by atoms with Crippen molar-refractivity contribution in [3.63, 3.8) is 0 Å². The van der Waals surface area contributed by atoms with E-state index in [2.05, 4.69) is 44.8 Å². The molecular formula is C36H30F3N5O2S. The Bertz CT molecular complexity index is 1870. The predicted octanol–water partition coefficient (Wildman–Crippen LogP) is 8.11. The summed E-state index contributed by atoms with van der Waals surface area (Å²) in [6.07, 6.45) is -2.15. The molecule has 47 heavy (non-hydrogen) atoms. The second-order valence-electron chi connectivity index (χ2n) is 10.8. The van der Waals surface area contributed by atoms with Crippen LogP contribution in [0.2, 0.25) is 0 Å². The zero-order chi connectivity index (χ0) is 32.6. The van der Waals surface area contributed by atoms with E-state index in [0.29, 0.717) is 30.4 Å². The van der Waals surface area contributed by atoms with Crippen LogP contribution < -0.4 is 5.32 Å². The van der Waals surface area contributed by atoms with Gasteiger partial charge in [0.25, 0.3) is 5.91 Å². The lowest BCUT2D eigenvalue weighted by Crippen LogP contribution is -2.26. The molecule has 0 bridgehead atoms. The minimum absolute atomic E-state index is 0.114. The average molecular weight is 654 g/mol. The summed E-state index contributed by atoms with van der Waals surface area (Å²) in [5.41, 5.74) is 2.92. The van der Waals surface area contributed by atoms with Gasteiger partial charge < -0.3 is 9.73 Å². The number of oxazole rings is 1. The van der Waals surface area contributed by atoms with E-state index in [1.165, 1.54) is 35.2 Å². The van der Waals surface area contributed by atoms with Gasteiger partial charge in [-0.1, -0.05) is 109 Å². The summed E-state index contributed by atoms with van der Waals surface area (Å²) in [4.78, 5) is 17.3. The van der Waals surface area contributed by atoms with Crippen LogP contribution in [0.1, 0.15) is 56.8 Å². The van der Waals surface area contributed by atoms with E-state index >= 15 is 0 Å². The van der Waals surface area contributed by atoms with E-state index in [9.17, 15) is 18.0 Å². The van der Waals surface area contributed by atoms with Gasteiger partial charge in [0.1, 0.15) is 12.1 Å². The highest BCUT2D eigenvalue weighted by molar-refractivity contribution is 7.98. The molecule has 2 aromatic heterocycles. The second kappa shape index (κ2) is 14.5. The van der Waals surface area contributed by atoms with Gasteiger partial charge in [-0.15, -0.1) is 10.2 Å². The van der Waals surface area contributed by atoms with Gasteiger partial charge in [-0.3, -0.25) is 9.36 Å². The van der Waals surface area contributed by atoms with Crippen LogP contribution in [0.5, 0.6) is 0 Å². The standard InChI is InChI=1S/C36H30F3N5O2S/c37-36(38,39)28-17-10-18-29(22-28)44-32(21-25-11-4-1-5-12-25)42-43-35(44)47-24-33-41-31(23-46-33)34(45)40-20-19-30(26-13-6-2-7-14-26)27-15-8-3-9-16-27/h1-18,22-23,30H,19-21,24H2,(H,40,45). The fourth-order valence-corrected chi connectivity index (χ4v) is 6.12. The summed E-state index contributed by atoms with van der Waals surface area (Å²) in [5, 5.41) is 11.9. The highest BCUT2D eigenvalue weighted by Gasteiger charge is 2.31. The molecule has 4 aromatic carbocycles. The van der Waals surface area contributed by atoms with Gasteiger partial charge in [0, 0.05) is 18.9 Å². The summed E-state index contributed by atoms with van der Waals surface area (Å²) < 4.78 is 47.9. The summed E-state index contributed by atoms with van der Waals surface area (Å²) in [6.45, 7) is 0.425. The number of alkyl halides is 3. The Hall–Kier alpha value is -5.16. The van der Waals surface area contributed by atoms with Gasteiger partial charge >= 0.3 is 6.18 Å². The third kappa shape index (κ3) is 7.98. The van der Waals surface area contributed by atoms with E-state index < -0.39 is 11.7 Å². The monoisotopic (exact) mass is 653 g/mol. The maximum atomic E-state index is 13.6. The number of benzene rings is 4. The SMILES string of the molecule is O=C(NCCC(c1ccccc1)c1ccccc1)c1coc(CSc2nnc(Cc3ccccc3)n2-c2cccc(C(F)(F)F)c2)n1. The molecule has 0 aliphatic carbocycles. The maximum Gasteiger partial charge on any atom is 0.416 e.